The fourth-order valence-corrected chi connectivity index (χ4v) is 3.20. The van der Waals surface area contributed by atoms with Gasteiger partial charge in [-0.1, -0.05) is 12.1 Å². The summed E-state index contributed by atoms with van der Waals surface area (Å²) >= 11 is 0. The van der Waals surface area contributed by atoms with Crippen molar-refractivity contribution < 1.29 is 14.6 Å². The second kappa shape index (κ2) is 4.41. The molecule has 0 bridgehead atoms. The predicted octanol–water partition coefficient (Wildman–Crippen LogP) is 1.67. The van der Waals surface area contributed by atoms with E-state index in [4.69, 9.17) is 4.74 Å². The molecular weight excluding hydrogens is 282 g/mol. The highest BCUT2D eigenvalue weighted by atomic mass is 16.5. The summed E-state index contributed by atoms with van der Waals surface area (Å²) in [5.74, 6) is 0.740. The van der Waals surface area contributed by atoms with Crippen LogP contribution >= 0.6 is 0 Å². The van der Waals surface area contributed by atoms with Crippen molar-refractivity contribution in [3.8, 4) is 0 Å². The lowest BCUT2D eigenvalue weighted by Gasteiger charge is -2.34. The Balaban J connectivity index is 2.14. The summed E-state index contributed by atoms with van der Waals surface area (Å²) < 4.78 is 8.45. The van der Waals surface area contributed by atoms with E-state index in [-0.39, 0.29) is 6.04 Å². The Morgan fingerprint density at radius 3 is 2.95 bits per heavy atom. The molecule has 0 amide bonds. The zero-order valence-corrected chi connectivity index (χ0v) is 12.5. The Hall–Kier alpha value is -2.18. The number of benzene rings is 1. The van der Waals surface area contributed by atoms with Gasteiger partial charge in [0.05, 0.1) is 29.2 Å². The number of hydrogen-bond donors (Lipinski definition) is 1. The van der Waals surface area contributed by atoms with Crippen LogP contribution in [0.25, 0.3) is 21.9 Å². The lowest BCUT2D eigenvalue weighted by atomic mass is 9.98. The summed E-state index contributed by atoms with van der Waals surface area (Å²) in [5, 5.41) is 23.5. The minimum atomic E-state index is -0.951. The van der Waals surface area contributed by atoms with Crippen molar-refractivity contribution in [2.45, 2.75) is 32.1 Å². The maximum atomic E-state index is 12.2. The molecule has 0 aliphatic carbocycles. The number of fused-ring (bicyclic) bond motifs is 5. The number of rotatable bonds is 1. The van der Waals surface area contributed by atoms with Crippen LogP contribution < -0.4 is 4.73 Å². The van der Waals surface area contributed by atoms with E-state index in [0.717, 1.165) is 21.5 Å². The number of imidazole rings is 1. The number of para-hydroxylation sites is 1. The smallest absolute Gasteiger partial charge is 0.226 e. The Kier molecular flexibility index (Phi) is 2.70. The average molecular weight is 299 g/mol. The second-order valence-corrected chi connectivity index (χ2v) is 6.29. The van der Waals surface area contributed by atoms with Gasteiger partial charge in [0.25, 0.3) is 0 Å². The fraction of sp³-hybridized carbons (Fsp3) is 0.375. The van der Waals surface area contributed by atoms with Crippen molar-refractivity contribution in [2.24, 2.45) is 0 Å². The molecular formula is C16H17N3O3. The molecule has 6 heteroatoms. The first-order chi connectivity index (χ1) is 10.5. The van der Waals surface area contributed by atoms with Gasteiger partial charge in [0.15, 0.2) is 5.52 Å². The molecule has 3 heterocycles. The molecule has 0 fully saturated rings. The highest BCUT2D eigenvalue weighted by molar-refractivity contribution is 6.00. The molecule has 0 saturated carbocycles. The van der Waals surface area contributed by atoms with Crippen molar-refractivity contribution in [3.63, 3.8) is 0 Å². The Morgan fingerprint density at radius 2 is 2.18 bits per heavy atom. The maximum Gasteiger partial charge on any atom is 0.226 e. The fourth-order valence-electron chi connectivity index (χ4n) is 3.20. The van der Waals surface area contributed by atoms with Crippen molar-refractivity contribution in [1.82, 2.24) is 9.55 Å². The molecule has 4 rings (SSSR count). The van der Waals surface area contributed by atoms with Gasteiger partial charge in [-0.2, -0.15) is 4.73 Å². The highest BCUT2D eigenvalue weighted by Crippen LogP contribution is 2.34. The van der Waals surface area contributed by atoms with E-state index in [1.807, 2.05) is 22.8 Å². The summed E-state index contributed by atoms with van der Waals surface area (Å²) in [6.07, 6.45) is 1.49. The quantitative estimate of drug-likeness (QED) is 0.548. The third-order valence-electron chi connectivity index (χ3n) is 4.28. The second-order valence-electron chi connectivity index (χ2n) is 6.29. The average Bonchev–Trinajstić information content (AvgIpc) is 2.84. The third kappa shape index (κ3) is 1.81. The molecule has 1 atom stereocenters. The van der Waals surface area contributed by atoms with E-state index in [1.54, 1.807) is 19.9 Å². The minimum Gasteiger partial charge on any atom is -0.618 e. The van der Waals surface area contributed by atoms with Gasteiger partial charge in [0.2, 0.25) is 11.7 Å². The molecule has 22 heavy (non-hydrogen) atoms. The Morgan fingerprint density at radius 1 is 1.41 bits per heavy atom. The van der Waals surface area contributed by atoms with Gasteiger partial charge in [-0.05, 0) is 19.9 Å². The van der Waals surface area contributed by atoms with Crippen LogP contribution in [0.15, 0.2) is 30.5 Å². The van der Waals surface area contributed by atoms with Gasteiger partial charge >= 0.3 is 0 Å². The third-order valence-corrected chi connectivity index (χ3v) is 4.28. The number of aromatic nitrogens is 3. The van der Waals surface area contributed by atoms with E-state index < -0.39 is 5.60 Å². The predicted molar refractivity (Wildman–Crippen MR) is 81.2 cm³/mol. The van der Waals surface area contributed by atoms with Crippen LogP contribution in [0.5, 0.6) is 0 Å². The van der Waals surface area contributed by atoms with Crippen LogP contribution in [-0.2, 0) is 11.3 Å². The monoisotopic (exact) mass is 299 g/mol. The van der Waals surface area contributed by atoms with E-state index >= 15 is 0 Å². The van der Waals surface area contributed by atoms with Gasteiger partial charge in [0, 0.05) is 6.07 Å². The molecule has 6 nitrogen and oxygen atoms in total. The van der Waals surface area contributed by atoms with Crippen molar-refractivity contribution in [1.29, 1.82) is 0 Å². The molecule has 114 valence electrons. The first-order valence-corrected chi connectivity index (χ1v) is 7.28. The topological polar surface area (TPSA) is 74.2 Å². The summed E-state index contributed by atoms with van der Waals surface area (Å²) in [7, 11) is 0. The minimum absolute atomic E-state index is 0.243. The number of nitrogens with zero attached hydrogens (tertiary/aromatic N) is 3. The molecule has 1 aromatic carbocycles. The number of pyridine rings is 1. The molecule has 0 saturated heterocycles. The summed E-state index contributed by atoms with van der Waals surface area (Å²) in [6, 6.07) is 7.21. The zero-order valence-electron chi connectivity index (χ0n) is 12.5. The SMILES string of the molecule is CC(C)(O)[C@H]1COCc2nc3c[n+]([O-])c4ccccc4c3n21. The Labute approximate surface area is 127 Å². The number of ether oxygens (including phenoxy) is 1. The summed E-state index contributed by atoms with van der Waals surface area (Å²) in [6.45, 7) is 4.33. The van der Waals surface area contributed by atoms with Gasteiger partial charge in [-0.15, -0.1) is 0 Å². The normalized spacial score (nSPS) is 18.8. The molecule has 2 aromatic heterocycles. The molecule has 1 aliphatic heterocycles. The van der Waals surface area contributed by atoms with Crippen molar-refractivity contribution in [2.75, 3.05) is 6.61 Å². The molecule has 0 radical (unpaired) electrons. The van der Waals surface area contributed by atoms with Crippen LogP contribution in [0.1, 0.15) is 25.7 Å². The standard InChI is InChI=1S/C16H17N3O3/c1-16(2,20)13-8-22-9-14-17-11-7-18(21)12-6-4-3-5-10(12)15(11)19(13)14/h3-7,13,20H,8-9H2,1-2H3/t13-/m1/s1. The largest absolute Gasteiger partial charge is 0.618 e. The van der Waals surface area contributed by atoms with Crippen LogP contribution in [-0.4, -0.2) is 26.9 Å². The maximum absolute atomic E-state index is 12.2. The van der Waals surface area contributed by atoms with E-state index in [1.165, 1.54) is 6.20 Å². The molecule has 0 unspecified atom stereocenters. The molecule has 1 aliphatic rings. The van der Waals surface area contributed by atoms with Gasteiger partial charge in [-0.3, -0.25) is 0 Å². The summed E-state index contributed by atoms with van der Waals surface area (Å²) in [4.78, 5) is 4.53. The first kappa shape index (κ1) is 13.5. The highest BCUT2D eigenvalue weighted by Gasteiger charge is 2.35. The Bertz CT molecular complexity index is 880. The van der Waals surface area contributed by atoms with Crippen LogP contribution in [0.4, 0.5) is 0 Å². The van der Waals surface area contributed by atoms with E-state index in [2.05, 4.69) is 4.98 Å². The van der Waals surface area contributed by atoms with Gasteiger partial charge in [0.1, 0.15) is 12.4 Å². The van der Waals surface area contributed by atoms with E-state index in [0.29, 0.717) is 24.2 Å². The zero-order chi connectivity index (χ0) is 15.5. The first-order valence-electron chi connectivity index (χ1n) is 7.28. The van der Waals surface area contributed by atoms with Crippen molar-refractivity contribution >= 4 is 21.9 Å². The molecule has 0 spiro atoms. The van der Waals surface area contributed by atoms with Crippen LogP contribution in [0.3, 0.4) is 0 Å². The van der Waals surface area contributed by atoms with Crippen LogP contribution in [0, 0.1) is 5.21 Å². The van der Waals surface area contributed by atoms with Gasteiger partial charge in [-0.25, -0.2) is 4.98 Å². The summed E-state index contributed by atoms with van der Waals surface area (Å²) in [5.41, 5.74) is 1.16. The molecule has 3 aromatic rings. The van der Waals surface area contributed by atoms with Gasteiger partial charge < -0.3 is 19.6 Å². The van der Waals surface area contributed by atoms with Crippen molar-refractivity contribution in [3.05, 3.63) is 41.5 Å². The van der Waals surface area contributed by atoms with Crippen LogP contribution in [0.2, 0.25) is 0 Å². The molecule has 1 N–H and O–H groups in total. The lowest BCUT2D eigenvalue weighted by molar-refractivity contribution is -0.575. The van der Waals surface area contributed by atoms with E-state index in [9.17, 15) is 10.3 Å². The number of hydrogen-bond acceptors (Lipinski definition) is 4. The number of aliphatic hydroxyl groups is 1. The lowest BCUT2D eigenvalue weighted by Crippen LogP contribution is -2.39.